The Hall–Kier alpha value is -3.31. The highest BCUT2D eigenvalue weighted by Gasteiger charge is 2.30. The van der Waals surface area contributed by atoms with Crippen LogP contribution < -0.4 is 10.1 Å². The van der Waals surface area contributed by atoms with Gasteiger partial charge in [0.1, 0.15) is 17.4 Å². The van der Waals surface area contributed by atoms with Crippen LogP contribution in [-0.2, 0) is 11.3 Å². The molecule has 3 aromatic heterocycles. The van der Waals surface area contributed by atoms with Gasteiger partial charge in [0.05, 0.1) is 36.4 Å². The molecule has 1 aromatic carbocycles. The van der Waals surface area contributed by atoms with E-state index in [1.807, 2.05) is 37.4 Å². The average Bonchev–Trinajstić information content (AvgIpc) is 3.38. The third-order valence-electron chi connectivity index (χ3n) is 7.33. The Morgan fingerprint density at radius 1 is 1.22 bits per heavy atom. The Morgan fingerprint density at radius 2 is 2.00 bits per heavy atom. The number of nitrogens with one attached hydrogen (secondary N) is 1. The smallest absolute Gasteiger partial charge is 0.256 e. The van der Waals surface area contributed by atoms with Gasteiger partial charge < -0.3 is 24.5 Å². The molecule has 11 heteroatoms. The number of hydrogen-bond donors (Lipinski definition) is 2. The summed E-state index contributed by atoms with van der Waals surface area (Å²) in [4.78, 5) is 9.17. The molecule has 196 valence electrons. The fourth-order valence-electron chi connectivity index (χ4n) is 5.15. The Morgan fingerprint density at radius 3 is 2.70 bits per heavy atom. The van der Waals surface area contributed by atoms with Crippen LogP contribution in [0.2, 0.25) is 0 Å². The molecule has 2 N–H and O–H groups in total. The van der Waals surface area contributed by atoms with Crippen molar-refractivity contribution in [2.45, 2.75) is 70.2 Å². The van der Waals surface area contributed by atoms with E-state index < -0.39 is 18.6 Å². The van der Waals surface area contributed by atoms with Crippen LogP contribution in [0.25, 0.3) is 27.7 Å². The number of anilines is 1. The predicted octanol–water partition coefficient (Wildman–Crippen LogP) is 4.20. The largest absolute Gasteiger partial charge is 0.468 e. The van der Waals surface area contributed by atoms with Crippen LogP contribution in [0.3, 0.4) is 0 Å². The number of halogens is 2. The zero-order chi connectivity index (χ0) is 25.7. The number of hydrogen-bond acceptors (Lipinski definition) is 7. The molecule has 0 radical (unpaired) electrons. The molecule has 2 fully saturated rings. The first kappa shape index (κ1) is 24.1. The molecule has 1 aliphatic heterocycles. The van der Waals surface area contributed by atoms with Crippen molar-refractivity contribution in [3.8, 4) is 17.0 Å². The van der Waals surface area contributed by atoms with E-state index in [1.165, 1.54) is 0 Å². The number of benzene rings is 1. The summed E-state index contributed by atoms with van der Waals surface area (Å²) in [5.74, 6) is 1.44. The first-order valence-electron chi connectivity index (χ1n) is 12.6. The zero-order valence-corrected chi connectivity index (χ0v) is 20.8. The maximum atomic E-state index is 13.2. The topological polar surface area (TPSA) is 98.7 Å². The highest BCUT2D eigenvalue weighted by molar-refractivity contribution is 5.90. The van der Waals surface area contributed by atoms with Gasteiger partial charge in [0.25, 0.3) is 6.43 Å². The lowest BCUT2D eigenvalue weighted by atomic mass is 9.84. The maximum Gasteiger partial charge on any atom is 0.256 e. The monoisotopic (exact) mass is 512 g/mol. The zero-order valence-electron chi connectivity index (χ0n) is 20.8. The minimum absolute atomic E-state index is 0.100. The van der Waals surface area contributed by atoms with E-state index in [1.54, 1.807) is 16.0 Å². The van der Waals surface area contributed by atoms with Crippen LogP contribution in [0.5, 0.6) is 5.88 Å². The van der Waals surface area contributed by atoms with E-state index in [0.29, 0.717) is 60.3 Å². The minimum Gasteiger partial charge on any atom is -0.468 e. The Labute approximate surface area is 212 Å². The van der Waals surface area contributed by atoms with Crippen molar-refractivity contribution in [2.24, 2.45) is 0 Å². The first-order chi connectivity index (χ1) is 17.8. The number of alkyl halides is 2. The lowest BCUT2D eigenvalue weighted by Crippen LogP contribution is -2.39. The lowest BCUT2D eigenvalue weighted by Gasteiger charge is -2.33. The summed E-state index contributed by atoms with van der Waals surface area (Å²) in [6.07, 6.45) is 2.35. The molecule has 0 amide bonds. The molecule has 2 aliphatic rings. The van der Waals surface area contributed by atoms with Gasteiger partial charge in [-0.3, -0.25) is 0 Å². The SMILES string of the molecule is Cc1nc2ccc(-c3ccn4nc(NC5CCC(C)(O)CC5)nc(OC5COC5)c34)cc2n1CC(F)F. The second-order valence-electron chi connectivity index (χ2n) is 10.3. The van der Waals surface area contributed by atoms with Gasteiger partial charge in [0.15, 0.2) is 0 Å². The van der Waals surface area contributed by atoms with Crippen LogP contribution in [0.1, 0.15) is 38.4 Å². The predicted molar refractivity (Wildman–Crippen MR) is 134 cm³/mol. The average molecular weight is 513 g/mol. The van der Waals surface area contributed by atoms with Gasteiger partial charge in [-0.1, -0.05) is 6.07 Å². The minimum atomic E-state index is -2.48. The Kier molecular flexibility index (Phi) is 5.99. The molecule has 0 spiro atoms. The van der Waals surface area contributed by atoms with Crippen LogP contribution in [0.15, 0.2) is 30.5 Å². The van der Waals surface area contributed by atoms with Crippen LogP contribution in [-0.4, -0.2) is 66.6 Å². The van der Waals surface area contributed by atoms with Crippen molar-refractivity contribution in [3.05, 3.63) is 36.3 Å². The molecular formula is C26H30F2N6O3. The second kappa shape index (κ2) is 9.21. The van der Waals surface area contributed by atoms with E-state index in [4.69, 9.17) is 19.6 Å². The quantitative estimate of drug-likeness (QED) is 0.383. The Bertz CT molecular complexity index is 1440. The third-order valence-corrected chi connectivity index (χ3v) is 7.33. The number of aryl methyl sites for hydroxylation is 1. The molecule has 0 unspecified atom stereocenters. The van der Waals surface area contributed by atoms with Crippen molar-refractivity contribution in [2.75, 3.05) is 18.5 Å². The molecule has 1 saturated heterocycles. The van der Waals surface area contributed by atoms with Gasteiger partial charge >= 0.3 is 0 Å². The summed E-state index contributed by atoms with van der Waals surface area (Å²) in [7, 11) is 0. The molecule has 4 heterocycles. The van der Waals surface area contributed by atoms with E-state index in [9.17, 15) is 13.9 Å². The molecule has 1 aliphatic carbocycles. The van der Waals surface area contributed by atoms with Crippen molar-refractivity contribution in [3.63, 3.8) is 0 Å². The van der Waals surface area contributed by atoms with E-state index in [0.717, 1.165) is 24.0 Å². The van der Waals surface area contributed by atoms with E-state index in [2.05, 4.69) is 10.3 Å². The van der Waals surface area contributed by atoms with Gasteiger partial charge in [-0.25, -0.2) is 18.3 Å². The summed E-state index contributed by atoms with van der Waals surface area (Å²) in [5.41, 5.74) is 3.06. The molecule has 37 heavy (non-hydrogen) atoms. The molecular weight excluding hydrogens is 482 g/mol. The lowest BCUT2D eigenvalue weighted by molar-refractivity contribution is -0.0808. The maximum absolute atomic E-state index is 13.2. The summed E-state index contributed by atoms with van der Waals surface area (Å²) in [6.45, 7) is 4.18. The summed E-state index contributed by atoms with van der Waals surface area (Å²) < 4.78 is 41.3. The van der Waals surface area contributed by atoms with E-state index >= 15 is 0 Å². The number of nitrogens with zero attached hydrogens (tertiary/aromatic N) is 5. The summed E-state index contributed by atoms with van der Waals surface area (Å²) >= 11 is 0. The first-order valence-corrected chi connectivity index (χ1v) is 12.6. The van der Waals surface area contributed by atoms with Gasteiger partial charge in [0.2, 0.25) is 11.8 Å². The molecule has 6 rings (SSSR count). The normalized spacial score (nSPS) is 22.6. The number of imidazole rings is 1. The molecule has 0 bridgehead atoms. The highest BCUT2D eigenvalue weighted by Crippen LogP contribution is 2.35. The highest BCUT2D eigenvalue weighted by atomic mass is 19.3. The fourth-order valence-corrected chi connectivity index (χ4v) is 5.15. The second-order valence-corrected chi connectivity index (χ2v) is 10.3. The molecule has 1 saturated carbocycles. The standard InChI is InChI=1S/C26H30F2N6O3/c1-15-29-20-4-3-16(11-21(20)33(15)12-22(27)28)19-7-10-34-23(19)24(37-18-13-36-14-18)31-25(32-34)30-17-5-8-26(2,35)9-6-17/h3-4,7,10-11,17-18,22,35H,5-6,8-9,12-14H2,1-2H3,(H,30,32). The summed E-state index contributed by atoms with van der Waals surface area (Å²) in [5, 5.41) is 18.4. The molecule has 4 aromatic rings. The van der Waals surface area contributed by atoms with Crippen LogP contribution in [0, 0.1) is 6.92 Å². The van der Waals surface area contributed by atoms with Crippen LogP contribution in [0.4, 0.5) is 14.7 Å². The molecule has 0 atom stereocenters. The van der Waals surface area contributed by atoms with Crippen LogP contribution >= 0.6 is 0 Å². The molecule has 9 nitrogen and oxygen atoms in total. The summed E-state index contributed by atoms with van der Waals surface area (Å²) in [6, 6.07) is 7.74. The van der Waals surface area contributed by atoms with Gasteiger partial charge in [-0.15, -0.1) is 5.10 Å². The van der Waals surface area contributed by atoms with Crippen molar-refractivity contribution >= 4 is 22.5 Å². The van der Waals surface area contributed by atoms with Crippen molar-refractivity contribution in [1.82, 2.24) is 24.1 Å². The number of aromatic nitrogens is 5. The van der Waals surface area contributed by atoms with Crippen molar-refractivity contribution in [1.29, 1.82) is 0 Å². The van der Waals surface area contributed by atoms with E-state index in [-0.39, 0.29) is 12.1 Å². The van der Waals surface area contributed by atoms with Crippen molar-refractivity contribution < 1.29 is 23.4 Å². The number of rotatable bonds is 7. The van der Waals surface area contributed by atoms with Gasteiger partial charge in [-0.2, -0.15) is 4.98 Å². The number of aliphatic hydroxyl groups is 1. The van der Waals surface area contributed by atoms with Gasteiger partial charge in [-0.05, 0) is 63.3 Å². The number of ether oxygens (including phenoxy) is 2. The third kappa shape index (κ3) is 4.73. The van der Waals surface area contributed by atoms with Gasteiger partial charge in [0, 0.05) is 17.8 Å². The number of fused-ring (bicyclic) bond motifs is 2. The Balaban J connectivity index is 1.38. The fraction of sp³-hybridized carbons (Fsp3) is 0.500.